The van der Waals surface area contributed by atoms with Crippen molar-refractivity contribution in [2.24, 2.45) is 0 Å². The molecule has 1 heterocycles. The second-order valence-corrected chi connectivity index (χ2v) is 3.80. The van der Waals surface area contributed by atoms with Crippen LogP contribution in [-0.2, 0) is 4.79 Å². The van der Waals surface area contributed by atoms with Gasteiger partial charge in [0.05, 0.1) is 18.0 Å². The van der Waals surface area contributed by atoms with Crippen LogP contribution in [0.1, 0.15) is 6.92 Å². The van der Waals surface area contributed by atoms with Crippen molar-refractivity contribution >= 4 is 17.3 Å². The molecule has 1 aromatic rings. The minimum absolute atomic E-state index is 0. The lowest BCUT2D eigenvalue weighted by molar-refractivity contribution is -0.755. The van der Waals surface area contributed by atoms with Gasteiger partial charge in [-0.05, 0) is 12.1 Å². The monoisotopic (exact) mass is 269 g/mol. The van der Waals surface area contributed by atoms with Crippen LogP contribution in [-0.4, -0.2) is 17.5 Å². The molecular formula is C11H12ClN3O3. The van der Waals surface area contributed by atoms with Crippen molar-refractivity contribution in [3.05, 3.63) is 46.8 Å². The van der Waals surface area contributed by atoms with Gasteiger partial charge in [0.25, 0.3) is 5.69 Å². The Labute approximate surface area is 110 Å². The van der Waals surface area contributed by atoms with E-state index in [0.29, 0.717) is 6.67 Å². The van der Waals surface area contributed by atoms with Crippen LogP contribution in [0.4, 0.5) is 11.4 Å². The fourth-order valence-electron chi connectivity index (χ4n) is 1.64. The summed E-state index contributed by atoms with van der Waals surface area (Å²) < 4.78 is 0. The summed E-state index contributed by atoms with van der Waals surface area (Å²) in [4.78, 5) is 23.8. The summed E-state index contributed by atoms with van der Waals surface area (Å²) in [6.07, 6.45) is 3.57. The lowest BCUT2D eigenvalue weighted by Gasteiger charge is -2.14. The summed E-state index contributed by atoms with van der Waals surface area (Å²) in [7, 11) is 0. The van der Waals surface area contributed by atoms with E-state index in [1.165, 1.54) is 19.1 Å². The molecule has 0 spiro atoms. The van der Waals surface area contributed by atoms with E-state index in [1.807, 2.05) is 4.90 Å². The Kier molecular flexibility index (Phi) is 4.41. The summed E-state index contributed by atoms with van der Waals surface area (Å²) in [5.74, 6) is 0.0469. The quantitative estimate of drug-likeness (QED) is 0.468. The van der Waals surface area contributed by atoms with E-state index in [0.717, 1.165) is 10.6 Å². The zero-order valence-corrected chi connectivity index (χ0v) is 10.4. The number of hydrogen-bond acceptors (Lipinski definition) is 4. The molecule has 0 saturated carbocycles. The molecular weight excluding hydrogens is 258 g/mol. The average Bonchev–Trinajstić information content (AvgIpc) is 2.78. The van der Waals surface area contributed by atoms with Crippen LogP contribution in [0.25, 0.3) is 0 Å². The molecule has 1 N–H and O–H groups in total. The van der Waals surface area contributed by atoms with Gasteiger partial charge in [0.2, 0.25) is 0 Å². The molecule has 1 aliphatic heterocycles. The molecule has 1 amide bonds. The first-order chi connectivity index (χ1) is 8.08. The van der Waals surface area contributed by atoms with Crippen LogP contribution in [0, 0.1) is 10.1 Å². The topological polar surface area (TPSA) is 67.9 Å². The highest BCUT2D eigenvalue weighted by Crippen LogP contribution is 2.19. The maximum absolute atomic E-state index is 11.2. The van der Waals surface area contributed by atoms with Gasteiger partial charge in [0.15, 0.2) is 6.67 Å². The molecule has 2 rings (SSSR count). The number of nitrogens with one attached hydrogen (secondary N) is 1. The number of carbonyl (C=O) groups is 1. The zero-order valence-electron chi connectivity index (χ0n) is 9.67. The van der Waals surface area contributed by atoms with Gasteiger partial charge < -0.3 is 12.4 Å². The molecule has 0 bridgehead atoms. The average molecular weight is 270 g/mol. The molecule has 1 aliphatic rings. The van der Waals surface area contributed by atoms with Crippen LogP contribution in [0.3, 0.4) is 0 Å². The standard InChI is InChI=1S/C11H11N3O3.ClH/c1-9(15)12-6-7-13(8-12)10-2-4-11(5-3-10)14(16)17;/h2-7H,8H2,1H3;1H. The SMILES string of the molecule is CC(=O)[NH+]1C=CN(c2ccc([N+](=O)[O-])cc2)C1.[Cl-]. The van der Waals surface area contributed by atoms with Crippen molar-refractivity contribution in [1.82, 2.24) is 0 Å². The first-order valence-corrected chi connectivity index (χ1v) is 5.14. The Morgan fingerprint density at radius 2 is 2.00 bits per heavy atom. The Morgan fingerprint density at radius 3 is 2.44 bits per heavy atom. The minimum Gasteiger partial charge on any atom is -1.00 e. The molecule has 0 saturated heterocycles. The number of rotatable bonds is 2. The highest BCUT2D eigenvalue weighted by molar-refractivity contribution is 5.65. The maximum atomic E-state index is 11.2. The summed E-state index contributed by atoms with van der Waals surface area (Å²) in [6.45, 7) is 2.05. The van der Waals surface area contributed by atoms with Gasteiger partial charge in [-0.1, -0.05) is 0 Å². The molecule has 1 unspecified atom stereocenters. The largest absolute Gasteiger partial charge is 1.00 e. The van der Waals surface area contributed by atoms with Crippen LogP contribution in [0.15, 0.2) is 36.7 Å². The number of non-ortho nitro benzene ring substituents is 1. The van der Waals surface area contributed by atoms with E-state index >= 15 is 0 Å². The van der Waals surface area contributed by atoms with E-state index < -0.39 is 4.92 Å². The smallest absolute Gasteiger partial charge is 0.315 e. The summed E-state index contributed by atoms with van der Waals surface area (Å²) in [6, 6.07) is 6.25. The number of carbonyl (C=O) groups excluding carboxylic acids is 1. The zero-order chi connectivity index (χ0) is 12.4. The number of nitrogens with zero attached hydrogens (tertiary/aromatic N) is 2. The van der Waals surface area contributed by atoms with Crippen LogP contribution in [0.5, 0.6) is 0 Å². The number of quaternary nitrogens is 1. The van der Waals surface area contributed by atoms with Gasteiger partial charge in [-0.3, -0.25) is 15.0 Å². The van der Waals surface area contributed by atoms with Gasteiger partial charge in [-0.15, -0.1) is 0 Å². The Morgan fingerprint density at radius 1 is 1.39 bits per heavy atom. The molecule has 18 heavy (non-hydrogen) atoms. The third kappa shape index (κ3) is 2.85. The maximum Gasteiger partial charge on any atom is 0.315 e. The van der Waals surface area contributed by atoms with E-state index in [9.17, 15) is 14.9 Å². The predicted molar refractivity (Wildman–Crippen MR) is 61.2 cm³/mol. The number of anilines is 1. The molecule has 0 aliphatic carbocycles. The van der Waals surface area contributed by atoms with Crippen molar-refractivity contribution in [3.63, 3.8) is 0 Å². The van der Waals surface area contributed by atoms with Gasteiger partial charge in [0.1, 0.15) is 6.20 Å². The molecule has 1 aromatic carbocycles. The second-order valence-electron chi connectivity index (χ2n) is 3.80. The van der Waals surface area contributed by atoms with Crippen molar-refractivity contribution in [2.75, 3.05) is 11.6 Å². The Hall–Kier alpha value is -1.92. The third-order valence-corrected chi connectivity index (χ3v) is 2.64. The Balaban J connectivity index is 0.00000162. The number of halogens is 1. The second kappa shape index (κ2) is 5.61. The fraction of sp³-hybridized carbons (Fsp3) is 0.182. The molecule has 96 valence electrons. The molecule has 0 radical (unpaired) electrons. The van der Waals surface area contributed by atoms with E-state index in [4.69, 9.17) is 0 Å². The number of amides is 1. The lowest BCUT2D eigenvalue weighted by Crippen LogP contribution is -3.09. The summed E-state index contributed by atoms with van der Waals surface area (Å²) in [5.41, 5.74) is 0.899. The van der Waals surface area contributed by atoms with E-state index in [1.54, 1.807) is 24.5 Å². The minimum atomic E-state index is -0.434. The highest BCUT2D eigenvalue weighted by atomic mass is 35.5. The van der Waals surface area contributed by atoms with E-state index in [2.05, 4.69) is 0 Å². The normalized spacial score (nSPS) is 17.4. The molecule has 0 aromatic heterocycles. The van der Waals surface area contributed by atoms with Crippen LogP contribution >= 0.6 is 0 Å². The number of nitro groups is 1. The summed E-state index contributed by atoms with van der Waals surface area (Å²) >= 11 is 0. The molecule has 6 nitrogen and oxygen atoms in total. The van der Waals surface area contributed by atoms with E-state index in [-0.39, 0.29) is 24.0 Å². The number of benzene rings is 1. The predicted octanol–water partition coefficient (Wildman–Crippen LogP) is -2.72. The molecule has 1 atom stereocenters. The van der Waals surface area contributed by atoms with Gasteiger partial charge in [-0.2, -0.15) is 0 Å². The van der Waals surface area contributed by atoms with Gasteiger partial charge in [0, 0.05) is 17.8 Å². The first-order valence-electron chi connectivity index (χ1n) is 5.14. The van der Waals surface area contributed by atoms with Crippen LogP contribution < -0.4 is 22.2 Å². The third-order valence-electron chi connectivity index (χ3n) is 2.64. The van der Waals surface area contributed by atoms with Crippen LogP contribution in [0.2, 0.25) is 0 Å². The van der Waals surface area contributed by atoms with Crippen molar-refractivity contribution < 1.29 is 27.0 Å². The highest BCUT2D eigenvalue weighted by Gasteiger charge is 2.22. The lowest BCUT2D eigenvalue weighted by atomic mass is 10.3. The van der Waals surface area contributed by atoms with Crippen molar-refractivity contribution in [2.45, 2.75) is 6.92 Å². The molecule has 0 fully saturated rings. The van der Waals surface area contributed by atoms with Gasteiger partial charge in [-0.25, -0.2) is 9.69 Å². The number of hydrogen-bond donors (Lipinski definition) is 1. The Bertz CT molecular complexity index is 487. The first kappa shape index (κ1) is 14.1. The summed E-state index contributed by atoms with van der Waals surface area (Å²) in [5, 5.41) is 10.5. The van der Waals surface area contributed by atoms with Gasteiger partial charge >= 0.3 is 5.91 Å². The van der Waals surface area contributed by atoms with Crippen molar-refractivity contribution in [1.29, 1.82) is 0 Å². The molecule has 7 heteroatoms. The fourth-order valence-corrected chi connectivity index (χ4v) is 1.64. The van der Waals surface area contributed by atoms with Crippen molar-refractivity contribution in [3.8, 4) is 0 Å². The number of nitro benzene ring substituents is 1.